The Bertz CT molecular complexity index is 664. The summed E-state index contributed by atoms with van der Waals surface area (Å²) in [6, 6.07) is 10.7. The van der Waals surface area contributed by atoms with Crippen LogP contribution in [0.5, 0.6) is 5.75 Å². The normalized spacial score (nSPS) is 11.8. The standard InChI is InChI=1S/C15H12Cl2FNO2/c1-9(21-12-4-2-3-10(16)7-12)15(20)19-11-5-6-14(18)13(17)8-11/h2-9H,1H3,(H,19,20). The summed E-state index contributed by atoms with van der Waals surface area (Å²) in [4.78, 5) is 12.0. The maximum atomic E-state index is 13.0. The summed E-state index contributed by atoms with van der Waals surface area (Å²) in [5.41, 5.74) is 0.396. The Kier molecular flexibility index (Phi) is 5.04. The van der Waals surface area contributed by atoms with Crippen molar-refractivity contribution in [1.82, 2.24) is 0 Å². The quantitative estimate of drug-likeness (QED) is 0.895. The lowest BCUT2D eigenvalue weighted by atomic mass is 10.3. The van der Waals surface area contributed by atoms with Crippen molar-refractivity contribution < 1.29 is 13.9 Å². The molecule has 0 saturated carbocycles. The highest BCUT2D eigenvalue weighted by molar-refractivity contribution is 6.31. The van der Waals surface area contributed by atoms with Gasteiger partial charge in [-0.2, -0.15) is 0 Å². The molecule has 6 heteroatoms. The molecule has 1 atom stereocenters. The van der Waals surface area contributed by atoms with Crippen molar-refractivity contribution in [1.29, 1.82) is 0 Å². The lowest BCUT2D eigenvalue weighted by molar-refractivity contribution is -0.122. The highest BCUT2D eigenvalue weighted by Gasteiger charge is 2.15. The second kappa shape index (κ2) is 6.78. The molecule has 0 fully saturated rings. The van der Waals surface area contributed by atoms with Crippen LogP contribution in [0.4, 0.5) is 10.1 Å². The third kappa shape index (κ3) is 4.34. The van der Waals surface area contributed by atoms with Gasteiger partial charge in [-0.15, -0.1) is 0 Å². The number of halogens is 3. The van der Waals surface area contributed by atoms with Crippen molar-refractivity contribution in [2.75, 3.05) is 5.32 Å². The van der Waals surface area contributed by atoms with Crippen molar-refractivity contribution in [2.45, 2.75) is 13.0 Å². The first-order valence-corrected chi connectivity index (χ1v) is 6.89. The number of hydrogen-bond acceptors (Lipinski definition) is 2. The number of hydrogen-bond donors (Lipinski definition) is 1. The molecule has 0 aromatic heterocycles. The van der Waals surface area contributed by atoms with Crippen LogP contribution in [0.25, 0.3) is 0 Å². The van der Waals surface area contributed by atoms with Crippen LogP contribution in [-0.2, 0) is 4.79 Å². The molecule has 21 heavy (non-hydrogen) atoms. The minimum absolute atomic E-state index is 0.0591. The Hall–Kier alpha value is -1.78. The van der Waals surface area contributed by atoms with Crippen LogP contribution >= 0.6 is 23.2 Å². The second-order valence-electron chi connectivity index (χ2n) is 4.34. The Morgan fingerprint density at radius 2 is 2.00 bits per heavy atom. The van der Waals surface area contributed by atoms with Gasteiger partial charge in [0.2, 0.25) is 0 Å². The summed E-state index contributed by atoms with van der Waals surface area (Å²) in [6.45, 7) is 1.60. The molecule has 1 unspecified atom stereocenters. The van der Waals surface area contributed by atoms with E-state index in [0.717, 1.165) is 0 Å². The van der Waals surface area contributed by atoms with Gasteiger partial charge in [-0.1, -0.05) is 29.3 Å². The molecule has 0 radical (unpaired) electrons. The molecule has 0 bridgehead atoms. The third-order valence-electron chi connectivity index (χ3n) is 2.67. The molecule has 0 spiro atoms. The number of ether oxygens (including phenoxy) is 1. The van der Waals surface area contributed by atoms with Crippen LogP contribution in [0.2, 0.25) is 10.0 Å². The Morgan fingerprint density at radius 1 is 1.24 bits per heavy atom. The number of amides is 1. The third-order valence-corrected chi connectivity index (χ3v) is 3.19. The smallest absolute Gasteiger partial charge is 0.265 e. The van der Waals surface area contributed by atoms with Crippen molar-refractivity contribution in [3.63, 3.8) is 0 Å². The zero-order valence-corrected chi connectivity index (χ0v) is 12.6. The first-order chi connectivity index (χ1) is 9.95. The molecule has 1 N–H and O–H groups in total. The highest BCUT2D eigenvalue weighted by atomic mass is 35.5. The van der Waals surface area contributed by atoms with Gasteiger partial charge in [0.1, 0.15) is 11.6 Å². The Balaban J connectivity index is 2.00. The minimum Gasteiger partial charge on any atom is -0.481 e. The largest absolute Gasteiger partial charge is 0.481 e. The molecule has 0 aliphatic carbocycles. The molecule has 110 valence electrons. The van der Waals surface area contributed by atoms with Crippen LogP contribution in [0.1, 0.15) is 6.92 Å². The number of rotatable bonds is 4. The van der Waals surface area contributed by atoms with Gasteiger partial charge < -0.3 is 10.1 Å². The van der Waals surface area contributed by atoms with Gasteiger partial charge >= 0.3 is 0 Å². The first kappa shape index (κ1) is 15.6. The summed E-state index contributed by atoms with van der Waals surface area (Å²) < 4.78 is 18.5. The average molecular weight is 328 g/mol. The highest BCUT2D eigenvalue weighted by Crippen LogP contribution is 2.21. The monoisotopic (exact) mass is 327 g/mol. The molecule has 0 heterocycles. The zero-order chi connectivity index (χ0) is 15.4. The van der Waals surface area contributed by atoms with Crippen molar-refractivity contribution in [2.24, 2.45) is 0 Å². The van der Waals surface area contributed by atoms with E-state index in [0.29, 0.717) is 16.5 Å². The van der Waals surface area contributed by atoms with Crippen LogP contribution < -0.4 is 10.1 Å². The molecule has 2 rings (SSSR count). The number of nitrogens with one attached hydrogen (secondary N) is 1. The summed E-state index contributed by atoms with van der Waals surface area (Å²) >= 11 is 11.5. The van der Waals surface area contributed by atoms with Gasteiger partial charge in [-0.05, 0) is 43.3 Å². The SMILES string of the molecule is CC(Oc1cccc(Cl)c1)C(=O)Nc1ccc(F)c(Cl)c1. The van der Waals surface area contributed by atoms with Crippen molar-refractivity contribution >= 4 is 34.8 Å². The van der Waals surface area contributed by atoms with Gasteiger partial charge in [0, 0.05) is 10.7 Å². The van der Waals surface area contributed by atoms with Gasteiger partial charge in [0.05, 0.1) is 5.02 Å². The Labute approximate surface area is 131 Å². The van der Waals surface area contributed by atoms with Crippen LogP contribution in [-0.4, -0.2) is 12.0 Å². The maximum Gasteiger partial charge on any atom is 0.265 e. The predicted octanol–water partition coefficient (Wildman–Crippen LogP) is 4.54. The van der Waals surface area contributed by atoms with E-state index < -0.39 is 11.9 Å². The fourth-order valence-electron chi connectivity index (χ4n) is 1.62. The van der Waals surface area contributed by atoms with E-state index in [1.54, 1.807) is 31.2 Å². The lowest BCUT2D eigenvalue weighted by Crippen LogP contribution is -2.30. The molecule has 0 saturated heterocycles. The van der Waals surface area contributed by atoms with Crippen molar-refractivity contribution in [3.05, 3.63) is 58.3 Å². The Morgan fingerprint density at radius 3 is 2.67 bits per heavy atom. The fourth-order valence-corrected chi connectivity index (χ4v) is 1.98. The molecule has 1 amide bonds. The van der Waals surface area contributed by atoms with Crippen molar-refractivity contribution in [3.8, 4) is 5.75 Å². The molecule has 2 aromatic rings. The van der Waals surface area contributed by atoms with Crippen LogP contribution in [0, 0.1) is 5.82 Å². The topological polar surface area (TPSA) is 38.3 Å². The second-order valence-corrected chi connectivity index (χ2v) is 5.18. The van der Waals surface area contributed by atoms with Gasteiger partial charge in [0.25, 0.3) is 5.91 Å². The summed E-state index contributed by atoms with van der Waals surface area (Å²) in [5, 5.41) is 3.06. The van der Waals surface area contributed by atoms with Gasteiger partial charge in [-0.3, -0.25) is 4.79 Å². The number of carbonyl (C=O) groups excluding carboxylic acids is 1. The molecule has 2 aromatic carbocycles. The summed E-state index contributed by atoms with van der Waals surface area (Å²) in [7, 11) is 0. The first-order valence-electron chi connectivity index (χ1n) is 6.14. The molecule has 0 aliphatic heterocycles. The molecular formula is C15H12Cl2FNO2. The summed E-state index contributed by atoms with van der Waals surface area (Å²) in [5.74, 6) is -0.433. The van der Waals surface area contributed by atoms with Crippen LogP contribution in [0.15, 0.2) is 42.5 Å². The number of carbonyl (C=O) groups is 1. The lowest BCUT2D eigenvalue weighted by Gasteiger charge is -2.15. The van der Waals surface area contributed by atoms with E-state index in [2.05, 4.69) is 5.32 Å². The van der Waals surface area contributed by atoms with Gasteiger partial charge in [-0.25, -0.2) is 4.39 Å². The number of anilines is 1. The fraction of sp³-hybridized carbons (Fsp3) is 0.133. The zero-order valence-electron chi connectivity index (χ0n) is 11.1. The minimum atomic E-state index is -0.743. The summed E-state index contributed by atoms with van der Waals surface area (Å²) in [6.07, 6.45) is -0.743. The van der Waals surface area contributed by atoms with E-state index in [9.17, 15) is 9.18 Å². The van der Waals surface area contributed by atoms with E-state index in [-0.39, 0.29) is 10.9 Å². The van der Waals surface area contributed by atoms with Gasteiger partial charge in [0.15, 0.2) is 6.10 Å². The van der Waals surface area contributed by atoms with E-state index in [4.69, 9.17) is 27.9 Å². The van der Waals surface area contributed by atoms with E-state index in [1.807, 2.05) is 0 Å². The van der Waals surface area contributed by atoms with E-state index in [1.165, 1.54) is 18.2 Å². The molecular weight excluding hydrogens is 316 g/mol. The maximum absolute atomic E-state index is 13.0. The molecule has 0 aliphatic rings. The number of benzene rings is 2. The average Bonchev–Trinajstić information content (AvgIpc) is 2.43. The van der Waals surface area contributed by atoms with E-state index >= 15 is 0 Å². The predicted molar refractivity (Wildman–Crippen MR) is 81.6 cm³/mol. The van der Waals surface area contributed by atoms with Crippen LogP contribution in [0.3, 0.4) is 0 Å². The molecule has 3 nitrogen and oxygen atoms in total.